The number of carbonyl (C=O) groups excluding carboxylic acids is 1. The van der Waals surface area contributed by atoms with E-state index in [0.717, 1.165) is 25.1 Å². The largest absolute Gasteiger partial charge is 0.493 e. The number of benzene rings is 1. The third kappa shape index (κ3) is 7.31. The molecule has 8 heteroatoms. The lowest BCUT2D eigenvalue weighted by atomic mass is 9.98. The lowest BCUT2D eigenvalue weighted by Crippen LogP contribution is -2.46. The maximum absolute atomic E-state index is 12.4. The van der Waals surface area contributed by atoms with Crippen LogP contribution in [0.25, 0.3) is 0 Å². The van der Waals surface area contributed by atoms with Gasteiger partial charge in [-0.05, 0) is 58.6 Å². The number of rotatable bonds is 6. The van der Waals surface area contributed by atoms with E-state index < -0.39 is 5.60 Å². The monoisotopic (exact) mass is 420 g/mol. The molecule has 168 valence electrons. The van der Waals surface area contributed by atoms with Crippen LogP contribution in [0.2, 0.25) is 0 Å². The molecule has 1 amide bonds. The second-order valence-electron chi connectivity index (χ2n) is 8.31. The summed E-state index contributed by atoms with van der Waals surface area (Å²) in [5.41, 5.74) is 0.374. The Bertz CT molecular complexity index is 730. The molecule has 1 unspecified atom stereocenters. The predicted molar refractivity (Wildman–Crippen MR) is 120 cm³/mol. The Kier molecular flexibility index (Phi) is 8.62. The van der Waals surface area contributed by atoms with E-state index >= 15 is 0 Å². The predicted octanol–water partition coefficient (Wildman–Crippen LogP) is 3.73. The van der Waals surface area contributed by atoms with E-state index in [4.69, 9.17) is 14.2 Å². The van der Waals surface area contributed by atoms with Gasteiger partial charge in [-0.2, -0.15) is 0 Å². The van der Waals surface area contributed by atoms with Crippen LogP contribution < -0.4 is 20.1 Å². The highest BCUT2D eigenvalue weighted by atomic mass is 16.6. The Morgan fingerprint density at radius 2 is 2.07 bits per heavy atom. The summed E-state index contributed by atoms with van der Waals surface area (Å²) in [4.78, 5) is 18.5. The number of likely N-dealkylation sites (tertiary alicyclic amines) is 1. The molecule has 1 aliphatic rings. The third-order valence-corrected chi connectivity index (χ3v) is 4.68. The second-order valence-corrected chi connectivity index (χ2v) is 8.31. The standard InChI is InChI=1S/C22H36N4O4/c1-7-29-19-13-17(10-11-18(19)28-6)25-20(23-5)24-14-16-9-8-12-26(15-16)21(27)30-22(2,3)4/h10-11,13,16H,7-9,12,14-15H2,1-6H3,(H2,23,24,25). The molecule has 1 aromatic carbocycles. The first-order chi connectivity index (χ1) is 14.3. The van der Waals surface area contributed by atoms with Gasteiger partial charge in [-0.25, -0.2) is 4.79 Å². The van der Waals surface area contributed by atoms with Crippen LogP contribution in [0.15, 0.2) is 23.2 Å². The number of aliphatic imine (C=N–C) groups is 1. The zero-order valence-corrected chi connectivity index (χ0v) is 19.1. The molecule has 8 nitrogen and oxygen atoms in total. The third-order valence-electron chi connectivity index (χ3n) is 4.68. The van der Waals surface area contributed by atoms with Crippen LogP contribution >= 0.6 is 0 Å². The fourth-order valence-corrected chi connectivity index (χ4v) is 3.30. The number of hydrogen-bond acceptors (Lipinski definition) is 5. The quantitative estimate of drug-likeness (QED) is 0.539. The minimum atomic E-state index is -0.479. The van der Waals surface area contributed by atoms with E-state index in [2.05, 4.69) is 15.6 Å². The zero-order valence-electron chi connectivity index (χ0n) is 19.1. The van der Waals surface area contributed by atoms with E-state index in [1.807, 2.05) is 45.9 Å². The lowest BCUT2D eigenvalue weighted by molar-refractivity contribution is 0.0168. The molecule has 30 heavy (non-hydrogen) atoms. The van der Waals surface area contributed by atoms with Gasteiger partial charge in [0.05, 0.1) is 13.7 Å². The molecule has 1 heterocycles. The van der Waals surface area contributed by atoms with Gasteiger partial charge in [-0.1, -0.05) is 0 Å². The van der Waals surface area contributed by atoms with Gasteiger partial charge in [0.25, 0.3) is 0 Å². The van der Waals surface area contributed by atoms with E-state index in [0.29, 0.717) is 43.1 Å². The van der Waals surface area contributed by atoms with Gasteiger partial charge < -0.3 is 29.7 Å². The maximum atomic E-state index is 12.4. The first kappa shape index (κ1) is 23.6. The molecule has 1 atom stereocenters. The van der Waals surface area contributed by atoms with E-state index in [1.54, 1.807) is 19.1 Å². The SMILES string of the molecule is CCOc1cc(NC(=NC)NCC2CCCN(C(=O)OC(C)(C)C)C2)ccc1OC. The van der Waals surface area contributed by atoms with Crippen molar-refractivity contribution in [1.82, 2.24) is 10.2 Å². The first-order valence-corrected chi connectivity index (χ1v) is 10.5. The topological polar surface area (TPSA) is 84.4 Å². The summed E-state index contributed by atoms with van der Waals surface area (Å²) >= 11 is 0. The number of guanidine groups is 1. The molecule has 2 N–H and O–H groups in total. The van der Waals surface area contributed by atoms with Crippen molar-refractivity contribution in [3.05, 3.63) is 18.2 Å². The Balaban J connectivity index is 1.91. The number of piperidine rings is 1. The number of ether oxygens (including phenoxy) is 3. The summed E-state index contributed by atoms with van der Waals surface area (Å²) in [5.74, 6) is 2.37. The molecule has 0 radical (unpaired) electrons. The van der Waals surface area contributed by atoms with Crippen molar-refractivity contribution in [2.45, 2.75) is 46.1 Å². The average Bonchev–Trinajstić information content (AvgIpc) is 2.70. The zero-order chi connectivity index (χ0) is 22.1. The van der Waals surface area contributed by atoms with Crippen molar-refractivity contribution in [3.8, 4) is 11.5 Å². The summed E-state index contributed by atoms with van der Waals surface area (Å²) in [7, 11) is 3.35. The van der Waals surface area contributed by atoms with Crippen molar-refractivity contribution in [1.29, 1.82) is 0 Å². The van der Waals surface area contributed by atoms with Gasteiger partial charge in [0, 0.05) is 38.4 Å². The summed E-state index contributed by atoms with van der Waals surface area (Å²) in [5, 5.41) is 6.64. The van der Waals surface area contributed by atoms with Crippen molar-refractivity contribution in [2.75, 3.05) is 45.7 Å². The van der Waals surface area contributed by atoms with Gasteiger partial charge >= 0.3 is 6.09 Å². The number of hydrogen-bond donors (Lipinski definition) is 2. The highest BCUT2D eigenvalue weighted by Crippen LogP contribution is 2.30. The highest BCUT2D eigenvalue weighted by Gasteiger charge is 2.27. The Hall–Kier alpha value is -2.64. The molecular weight excluding hydrogens is 384 g/mol. The van der Waals surface area contributed by atoms with Gasteiger partial charge in [0.2, 0.25) is 0 Å². The maximum Gasteiger partial charge on any atom is 0.410 e. The first-order valence-electron chi connectivity index (χ1n) is 10.5. The van der Waals surface area contributed by atoms with Crippen LogP contribution in [-0.4, -0.2) is 63.0 Å². The molecule has 2 rings (SSSR count). The number of amides is 1. The number of anilines is 1. The Morgan fingerprint density at radius 3 is 2.70 bits per heavy atom. The van der Waals surface area contributed by atoms with E-state index in [1.165, 1.54) is 0 Å². The van der Waals surface area contributed by atoms with Crippen LogP contribution in [0, 0.1) is 5.92 Å². The molecule has 1 aromatic rings. The number of methoxy groups -OCH3 is 1. The molecule has 0 saturated carbocycles. The fourth-order valence-electron chi connectivity index (χ4n) is 3.30. The number of nitrogens with zero attached hydrogens (tertiary/aromatic N) is 2. The van der Waals surface area contributed by atoms with Crippen molar-refractivity contribution in [2.24, 2.45) is 10.9 Å². The molecular formula is C22H36N4O4. The molecule has 0 bridgehead atoms. The minimum Gasteiger partial charge on any atom is -0.493 e. The molecule has 1 saturated heterocycles. The summed E-state index contributed by atoms with van der Waals surface area (Å²) in [6.45, 7) is 10.3. The van der Waals surface area contributed by atoms with Crippen LogP contribution in [0.4, 0.5) is 10.5 Å². The summed E-state index contributed by atoms with van der Waals surface area (Å²) in [6, 6.07) is 5.67. The van der Waals surface area contributed by atoms with Crippen LogP contribution in [0.1, 0.15) is 40.5 Å². The normalized spacial score (nSPS) is 17.3. The Labute approximate surface area is 180 Å². The number of carbonyl (C=O) groups is 1. The van der Waals surface area contributed by atoms with Crippen LogP contribution in [0.5, 0.6) is 11.5 Å². The van der Waals surface area contributed by atoms with E-state index in [9.17, 15) is 4.79 Å². The molecule has 1 aliphatic heterocycles. The average molecular weight is 421 g/mol. The minimum absolute atomic E-state index is 0.239. The molecule has 0 aromatic heterocycles. The fraction of sp³-hybridized carbons (Fsp3) is 0.636. The highest BCUT2D eigenvalue weighted by molar-refractivity contribution is 5.93. The molecule has 0 spiro atoms. The van der Waals surface area contributed by atoms with Gasteiger partial charge in [0.15, 0.2) is 17.5 Å². The van der Waals surface area contributed by atoms with Gasteiger partial charge in [-0.3, -0.25) is 4.99 Å². The van der Waals surface area contributed by atoms with Crippen molar-refractivity contribution < 1.29 is 19.0 Å². The number of nitrogens with one attached hydrogen (secondary N) is 2. The van der Waals surface area contributed by atoms with Crippen LogP contribution in [0.3, 0.4) is 0 Å². The van der Waals surface area contributed by atoms with Crippen molar-refractivity contribution >= 4 is 17.7 Å². The van der Waals surface area contributed by atoms with Crippen LogP contribution in [-0.2, 0) is 4.74 Å². The lowest BCUT2D eigenvalue weighted by Gasteiger charge is -2.34. The van der Waals surface area contributed by atoms with Gasteiger partial charge in [0.1, 0.15) is 5.60 Å². The van der Waals surface area contributed by atoms with E-state index in [-0.39, 0.29) is 6.09 Å². The summed E-state index contributed by atoms with van der Waals surface area (Å²) < 4.78 is 16.5. The molecule has 0 aliphatic carbocycles. The Morgan fingerprint density at radius 1 is 1.30 bits per heavy atom. The molecule has 1 fully saturated rings. The second kappa shape index (κ2) is 10.9. The summed E-state index contributed by atoms with van der Waals surface area (Å²) in [6.07, 6.45) is 1.78. The smallest absolute Gasteiger partial charge is 0.410 e. The van der Waals surface area contributed by atoms with Gasteiger partial charge in [-0.15, -0.1) is 0 Å². The van der Waals surface area contributed by atoms with Crippen molar-refractivity contribution in [3.63, 3.8) is 0 Å².